The highest BCUT2D eigenvalue weighted by Crippen LogP contribution is 2.45. The molecule has 184 valence electrons. The van der Waals surface area contributed by atoms with Gasteiger partial charge in [0.15, 0.2) is 11.8 Å². The minimum Gasteiger partial charge on any atom is -0.508 e. The predicted molar refractivity (Wildman–Crippen MR) is 117 cm³/mol. The number of nitrogens with zero attached hydrogens (tertiary/aromatic N) is 2. The standard InChI is InChI=1S/C24H21F3N2O6/c1-3-12-13-7-11(30)5-6-16(13)28-19-17-8-15-14(9-34-22(32)23(15,33)4-2)20(31)29(17)21(18(12)19)35-10-24(25,26)27/h5-8,21,30,33H,3-4,9-10H2,1-2H3/t21?,23-/m0/s1. The van der Waals surface area contributed by atoms with Crippen LogP contribution in [0, 0.1) is 0 Å². The Morgan fingerprint density at radius 3 is 2.66 bits per heavy atom. The van der Waals surface area contributed by atoms with Gasteiger partial charge >= 0.3 is 12.1 Å². The summed E-state index contributed by atoms with van der Waals surface area (Å²) in [5.74, 6) is -0.954. The van der Waals surface area contributed by atoms with E-state index >= 15 is 0 Å². The zero-order chi connectivity index (χ0) is 25.3. The van der Waals surface area contributed by atoms with E-state index in [0.717, 1.165) is 4.57 Å². The average Bonchev–Trinajstić information content (AvgIpc) is 3.12. The number of ether oxygens (including phenoxy) is 2. The Hall–Kier alpha value is -3.44. The molecule has 2 atom stereocenters. The van der Waals surface area contributed by atoms with Crippen molar-refractivity contribution in [1.82, 2.24) is 9.55 Å². The van der Waals surface area contributed by atoms with Crippen molar-refractivity contribution in [1.29, 1.82) is 0 Å². The molecular formula is C24H21F3N2O6. The molecule has 0 radical (unpaired) electrons. The second-order valence-corrected chi connectivity index (χ2v) is 8.57. The molecule has 8 nitrogen and oxygen atoms in total. The summed E-state index contributed by atoms with van der Waals surface area (Å²) in [5, 5.41) is 21.6. The summed E-state index contributed by atoms with van der Waals surface area (Å²) in [4.78, 5) is 30.6. The lowest BCUT2D eigenvalue weighted by molar-refractivity contribution is -0.189. The molecule has 1 unspecified atom stereocenters. The Bertz CT molecular complexity index is 1450. The van der Waals surface area contributed by atoms with Crippen LogP contribution in [0.15, 0.2) is 29.1 Å². The number of phenols is 1. The lowest BCUT2D eigenvalue weighted by Gasteiger charge is -2.32. The predicted octanol–water partition coefficient (Wildman–Crippen LogP) is 3.43. The molecule has 0 bridgehead atoms. The monoisotopic (exact) mass is 490 g/mol. The van der Waals surface area contributed by atoms with Crippen LogP contribution in [-0.4, -0.2) is 38.5 Å². The van der Waals surface area contributed by atoms with Gasteiger partial charge in [0.2, 0.25) is 0 Å². The number of rotatable bonds is 4. The minimum atomic E-state index is -4.66. The maximum absolute atomic E-state index is 13.6. The van der Waals surface area contributed by atoms with Crippen LogP contribution in [0.4, 0.5) is 13.2 Å². The number of carbonyl (C=O) groups is 1. The van der Waals surface area contributed by atoms with Gasteiger partial charge in [-0.15, -0.1) is 0 Å². The molecule has 4 heterocycles. The zero-order valence-electron chi connectivity index (χ0n) is 18.8. The van der Waals surface area contributed by atoms with Crippen LogP contribution in [0.25, 0.3) is 22.3 Å². The van der Waals surface area contributed by atoms with Crippen LogP contribution < -0.4 is 5.56 Å². The Morgan fingerprint density at radius 1 is 1.26 bits per heavy atom. The summed E-state index contributed by atoms with van der Waals surface area (Å²) in [7, 11) is 0. The number of pyridine rings is 2. The first kappa shape index (κ1) is 23.3. The number of halogens is 3. The molecule has 3 aromatic rings. The van der Waals surface area contributed by atoms with E-state index in [2.05, 4.69) is 4.98 Å². The van der Waals surface area contributed by atoms with Gasteiger partial charge in [-0.3, -0.25) is 9.36 Å². The highest BCUT2D eigenvalue weighted by molar-refractivity contribution is 5.90. The second-order valence-electron chi connectivity index (χ2n) is 8.57. The van der Waals surface area contributed by atoms with Gasteiger partial charge in [-0.2, -0.15) is 13.2 Å². The van der Waals surface area contributed by atoms with E-state index in [0.29, 0.717) is 22.9 Å². The van der Waals surface area contributed by atoms with E-state index in [1.807, 2.05) is 0 Å². The first-order chi connectivity index (χ1) is 16.5. The van der Waals surface area contributed by atoms with Crippen molar-refractivity contribution in [3.8, 4) is 17.1 Å². The maximum atomic E-state index is 13.6. The normalized spacial score (nSPS) is 21.0. The smallest absolute Gasteiger partial charge is 0.411 e. The number of carbonyl (C=O) groups excluding carboxylic acids is 1. The molecule has 0 amide bonds. The van der Waals surface area contributed by atoms with E-state index in [1.165, 1.54) is 18.2 Å². The molecular weight excluding hydrogens is 469 g/mol. The number of aliphatic hydroxyl groups is 1. The van der Waals surface area contributed by atoms with Crippen LogP contribution >= 0.6 is 0 Å². The number of hydrogen-bond donors (Lipinski definition) is 2. The fraction of sp³-hybridized carbons (Fsp3) is 0.375. The molecule has 0 aliphatic carbocycles. The lowest BCUT2D eigenvalue weighted by Crippen LogP contribution is -2.44. The average molecular weight is 490 g/mol. The van der Waals surface area contributed by atoms with Crippen molar-refractivity contribution in [3.63, 3.8) is 0 Å². The van der Waals surface area contributed by atoms with Crippen molar-refractivity contribution >= 4 is 16.9 Å². The fourth-order valence-electron chi connectivity index (χ4n) is 4.92. The number of hydrogen-bond acceptors (Lipinski definition) is 7. The minimum absolute atomic E-state index is 0.0358. The van der Waals surface area contributed by atoms with E-state index < -0.39 is 42.7 Å². The quantitative estimate of drug-likeness (QED) is 0.539. The fourth-order valence-corrected chi connectivity index (χ4v) is 4.92. The lowest BCUT2D eigenvalue weighted by atomic mass is 9.86. The van der Waals surface area contributed by atoms with Gasteiger partial charge in [0, 0.05) is 16.5 Å². The molecule has 0 spiro atoms. The Balaban J connectivity index is 1.85. The Morgan fingerprint density at radius 2 is 2.00 bits per heavy atom. The maximum Gasteiger partial charge on any atom is 0.411 e. The van der Waals surface area contributed by atoms with Crippen LogP contribution in [0.3, 0.4) is 0 Å². The molecule has 11 heteroatoms. The number of phenolic OH excluding ortho intramolecular Hbond substituents is 1. The molecule has 1 aromatic carbocycles. The topological polar surface area (TPSA) is 111 Å². The van der Waals surface area contributed by atoms with Gasteiger partial charge in [-0.05, 0) is 42.7 Å². The summed E-state index contributed by atoms with van der Waals surface area (Å²) in [6, 6.07) is 5.87. The molecule has 2 N–H and O–H groups in total. The zero-order valence-corrected chi connectivity index (χ0v) is 18.8. The van der Waals surface area contributed by atoms with Crippen molar-refractivity contribution < 1.29 is 37.7 Å². The Kier molecular flexibility index (Phi) is 5.19. The highest BCUT2D eigenvalue weighted by atomic mass is 19.4. The van der Waals surface area contributed by atoms with Crippen LogP contribution in [0.2, 0.25) is 0 Å². The van der Waals surface area contributed by atoms with E-state index in [-0.39, 0.29) is 40.2 Å². The van der Waals surface area contributed by atoms with Crippen molar-refractivity contribution in [2.75, 3.05) is 6.61 Å². The number of fused-ring (bicyclic) bond motifs is 5. The number of benzene rings is 1. The number of cyclic esters (lactones) is 1. The molecule has 5 rings (SSSR count). The van der Waals surface area contributed by atoms with Crippen molar-refractivity contribution in [3.05, 3.63) is 56.9 Å². The molecule has 2 aliphatic rings. The SMILES string of the molecule is CCc1c2c(nc3ccc(O)cc13)-c1cc3c(c(=O)n1C2OCC(F)(F)F)COC(=O)[C@]3(O)CC. The van der Waals surface area contributed by atoms with Gasteiger partial charge in [0.25, 0.3) is 5.56 Å². The van der Waals surface area contributed by atoms with Gasteiger partial charge in [0.1, 0.15) is 19.0 Å². The molecule has 2 aliphatic heterocycles. The summed E-state index contributed by atoms with van der Waals surface area (Å²) in [5.41, 5.74) is -1.19. The second kappa shape index (κ2) is 7.79. The van der Waals surface area contributed by atoms with Crippen LogP contribution in [0.1, 0.15) is 48.8 Å². The third-order valence-electron chi connectivity index (χ3n) is 6.59. The van der Waals surface area contributed by atoms with Gasteiger partial charge in [-0.25, -0.2) is 9.78 Å². The van der Waals surface area contributed by atoms with Gasteiger partial charge < -0.3 is 19.7 Å². The van der Waals surface area contributed by atoms with Gasteiger partial charge in [-0.1, -0.05) is 13.8 Å². The molecule has 0 fully saturated rings. The number of esters is 1. The first-order valence-electron chi connectivity index (χ1n) is 11.0. The number of alkyl halides is 3. The summed E-state index contributed by atoms with van der Waals surface area (Å²) >= 11 is 0. The van der Waals surface area contributed by atoms with Gasteiger partial charge in [0.05, 0.1) is 22.5 Å². The van der Waals surface area contributed by atoms with Crippen molar-refractivity contribution in [2.45, 2.75) is 51.3 Å². The summed E-state index contributed by atoms with van der Waals surface area (Å²) in [6.07, 6.45) is -5.85. The van der Waals surface area contributed by atoms with Crippen molar-refractivity contribution in [2.24, 2.45) is 0 Å². The first-order valence-corrected chi connectivity index (χ1v) is 11.0. The number of aromatic nitrogens is 2. The number of aromatic hydroxyl groups is 1. The third-order valence-corrected chi connectivity index (χ3v) is 6.59. The highest BCUT2D eigenvalue weighted by Gasteiger charge is 2.47. The van der Waals surface area contributed by atoms with Crippen LogP contribution in [-0.2, 0) is 32.9 Å². The molecule has 0 saturated carbocycles. The Labute approximate surface area is 196 Å². The summed E-state index contributed by atoms with van der Waals surface area (Å²) < 4.78 is 50.9. The van der Waals surface area contributed by atoms with E-state index in [9.17, 15) is 33.0 Å². The molecule has 2 aromatic heterocycles. The largest absolute Gasteiger partial charge is 0.508 e. The number of aryl methyl sites for hydroxylation is 1. The third kappa shape index (κ3) is 3.41. The summed E-state index contributed by atoms with van der Waals surface area (Å²) in [6.45, 7) is 1.30. The van der Waals surface area contributed by atoms with E-state index in [1.54, 1.807) is 19.9 Å². The molecule has 35 heavy (non-hydrogen) atoms. The molecule has 0 saturated heterocycles. The van der Waals surface area contributed by atoms with Crippen LogP contribution in [0.5, 0.6) is 5.75 Å². The van der Waals surface area contributed by atoms with E-state index in [4.69, 9.17) is 9.47 Å².